The van der Waals surface area contributed by atoms with Crippen molar-refractivity contribution in [3.8, 4) is 0 Å². The molecule has 1 N–H and O–H groups in total. The minimum Gasteiger partial charge on any atom is -0.456 e. The molecule has 0 aliphatic carbocycles. The standard InChI is InChI=1S/C15H16BrNO2/c1-4-12-5-6-13(19-12)15(18)17-14-9(2)7-11(16)8-10(14)3/h5-8H,4H2,1-3H3,(H,17,18). The van der Waals surface area contributed by atoms with Gasteiger partial charge in [0.05, 0.1) is 0 Å². The summed E-state index contributed by atoms with van der Waals surface area (Å²) in [6.45, 7) is 5.92. The third kappa shape index (κ3) is 3.07. The Morgan fingerprint density at radius 3 is 2.42 bits per heavy atom. The Kier molecular flexibility index (Phi) is 4.10. The first-order valence-corrected chi connectivity index (χ1v) is 6.97. The molecule has 0 radical (unpaired) electrons. The summed E-state index contributed by atoms with van der Waals surface area (Å²) < 4.78 is 6.46. The zero-order valence-corrected chi connectivity index (χ0v) is 12.8. The Balaban J connectivity index is 2.24. The summed E-state index contributed by atoms with van der Waals surface area (Å²) in [7, 11) is 0. The van der Waals surface area contributed by atoms with Crippen LogP contribution in [0.5, 0.6) is 0 Å². The van der Waals surface area contributed by atoms with E-state index in [1.807, 2.05) is 39.0 Å². The Bertz CT molecular complexity index is 593. The quantitative estimate of drug-likeness (QED) is 0.906. The number of benzene rings is 1. The maximum Gasteiger partial charge on any atom is 0.291 e. The average Bonchev–Trinajstić information content (AvgIpc) is 2.82. The first-order chi connectivity index (χ1) is 9.01. The summed E-state index contributed by atoms with van der Waals surface area (Å²) in [5, 5.41) is 2.91. The fraction of sp³-hybridized carbons (Fsp3) is 0.267. The summed E-state index contributed by atoms with van der Waals surface area (Å²) in [6.07, 6.45) is 0.781. The third-order valence-corrected chi connectivity index (χ3v) is 3.43. The summed E-state index contributed by atoms with van der Waals surface area (Å²) in [5.41, 5.74) is 2.87. The van der Waals surface area contributed by atoms with E-state index in [1.54, 1.807) is 6.07 Å². The maximum atomic E-state index is 12.1. The second-order valence-corrected chi connectivity index (χ2v) is 5.40. The molecule has 1 aromatic heterocycles. The Hall–Kier alpha value is -1.55. The van der Waals surface area contributed by atoms with E-state index in [1.165, 1.54) is 0 Å². The van der Waals surface area contributed by atoms with E-state index in [2.05, 4.69) is 21.2 Å². The molecular formula is C15H16BrNO2. The van der Waals surface area contributed by atoms with Crippen LogP contribution < -0.4 is 5.32 Å². The van der Waals surface area contributed by atoms with E-state index in [9.17, 15) is 4.79 Å². The normalized spacial score (nSPS) is 10.5. The lowest BCUT2D eigenvalue weighted by Gasteiger charge is -2.11. The predicted molar refractivity (Wildman–Crippen MR) is 79.7 cm³/mol. The van der Waals surface area contributed by atoms with Gasteiger partial charge in [0.25, 0.3) is 5.91 Å². The highest BCUT2D eigenvalue weighted by molar-refractivity contribution is 9.10. The summed E-state index contributed by atoms with van der Waals surface area (Å²) >= 11 is 3.44. The summed E-state index contributed by atoms with van der Waals surface area (Å²) in [6, 6.07) is 7.48. The number of carbonyl (C=O) groups is 1. The molecule has 2 rings (SSSR count). The van der Waals surface area contributed by atoms with Crippen molar-refractivity contribution in [2.24, 2.45) is 0 Å². The van der Waals surface area contributed by atoms with Crippen LogP contribution in [0.1, 0.15) is 34.4 Å². The lowest BCUT2D eigenvalue weighted by Crippen LogP contribution is -2.13. The number of rotatable bonds is 3. The van der Waals surface area contributed by atoms with Gasteiger partial charge in [-0.3, -0.25) is 4.79 Å². The van der Waals surface area contributed by atoms with E-state index < -0.39 is 0 Å². The van der Waals surface area contributed by atoms with E-state index in [4.69, 9.17) is 4.42 Å². The van der Waals surface area contributed by atoms with Gasteiger partial charge in [0.1, 0.15) is 5.76 Å². The lowest BCUT2D eigenvalue weighted by atomic mass is 10.1. The fourth-order valence-corrected chi connectivity index (χ4v) is 2.66. The van der Waals surface area contributed by atoms with Crippen LogP contribution in [0.2, 0.25) is 0 Å². The molecule has 0 aliphatic heterocycles. The van der Waals surface area contributed by atoms with Crippen LogP contribution in [0, 0.1) is 13.8 Å². The number of aryl methyl sites for hydroxylation is 3. The highest BCUT2D eigenvalue weighted by Gasteiger charge is 2.13. The molecule has 1 heterocycles. The van der Waals surface area contributed by atoms with Crippen LogP contribution in [0.3, 0.4) is 0 Å². The number of hydrogen-bond acceptors (Lipinski definition) is 2. The van der Waals surface area contributed by atoms with Crippen LogP contribution in [-0.4, -0.2) is 5.91 Å². The number of carbonyl (C=O) groups excluding carboxylic acids is 1. The van der Waals surface area contributed by atoms with Gasteiger partial charge in [0, 0.05) is 16.6 Å². The lowest BCUT2D eigenvalue weighted by molar-refractivity contribution is 0.0995. The maximum absolute atomic E-state index is 12.1. The molecule has 3 nitrogen and oxygen atoms in total. The highest BCUT2D eigenvalue weighted by atomic mass is 79.9. The van der Waals surface area contributed by atoms with Crippen molar-refractivity contribution < 1.29 is 9.21 Å². The SMILES string of the molecule is CCc1ccc(C(=O)Nc2c(C)cc(Br)cc2C)o1. The smallest absolute Gasteiger partial charge is 0.291 e. The topological polar surface area (TPSA) is 42.2 Å². The molecule has 0 bridgehead atoms. The second-order valence-electron chi connectivity index (χ2n) is 4.49. The zero-order chi connectivity index (χ0) is 14.0. The van der Waals surface area contributed by atoms with E-state index >= 15 is 0 Å². The number of hydrogen-bond donors (Lipinski definition) is 1. The molecular weight excluding hydrogens is 306 g/mol. The molecule has 100 valence electrons. The number of anilines is 1. The molecule has 0 fully saturated rings. The first kappa shape index (κ1) is 13.9. The van der Waals surface area contributed by atoms with E-state index in [-0.39, 0.29) is 5.91 Å². The summed E-state index contributed by atoms with van der Waals surface area (Å²) in [4.78, 5) is 12.1. The van der Waals surface area contributed by atoms with E-state index in [0.29, 0.717) is 5.76 Å². The van der Waals surface area contributed by atoms with Crippen LogP contribution in [-0.2, 0) is 6.42 Å². The Labute approximate surface area is 121 Å². The molecule has 0 spiro atoms. The van der Waals surface area contributed by atoms with Gasteiger partial charge in [-0.15, -0.1) is 0 Å². The number of furan rings is 1. The van der Waals surface area contributed by atoms with Crippen molar-refractivity contribution >= 4 is 27.5 Å². The Morgan fingerprint density at radius 1 is 1.26 bits per heavy atom. The highest BCUT2D eigenvalue weighted by Crippen LogP contribution is 2.25. The second kappa shape index (κ2) is 5.61. The van der Waals surface area contributed by atoms with Crippen molar-refractivity contribution in [3.05, 3.63) is 51.4 Å². The van der Waals surface area contributed by atoms with Gasteiger partial charge in [0.2, 0.25) is 0 Å². The number of amides is 1. The first-order valence-electron chi connectivity index (χ1n) is 6.18. The van der Waals surface area contributed by atoms with Gasteiger partial charge in [-0.2, -0.15) is 0 Å². The minimum atomic E-state index is -0.215. The van der Waals surface area contributed by atoms with Crippen molar-refractivity contribution in [3.63, 3.8) is 0 Å². The zero-order valence-electron chi connectivity index (χ0n) is 11.2. The number of halogens is 1. The van der Waals surface area contributed by atoms with Gasteiger partial charge in [0.15, 0.2) is 5.76 Å². The monoisotopic (exact) mass is 321 g/mol. The van der Waals surface area contributed by atoms with Crippen molar-refractivity contribution in [1.29, 1.82) is 0 Å². The van der Waals surface area contributed by atoms with Gasteiger partial charge >= 0.3 is 0 Å². The molecule has 1 amide bonds. The molecule has 2 aromatic rings. The fourth-order valence-electron chi connectivity index (χ4n) is 1.97. The molecule has 0 saturated carbocycles. The number of nitrogens with one attached hydrogen (secondary N) is 1. The molecule has 0 saturated heterocycles. The van der Waals surface area contributed by atoms with Crippen molar-refractivity contribution in [2.45, 2.75) is 27.2 Å². The predicted octanol–water partition coefficient (Wildman–Crippen LogP) is 4.47. The van der Waals surface area contributed by atoms with Crippen LogP contribution in [0.4, 0.5) is 5.69 Å². The van der Waals surface area contributed by atoms with Crippen LogP contribution in [0.25, 0.3) is 0 Å². The van der Waals surface area contributed by atoms with Crippen LogP contribution in [0.15, 0.2) is 33.2 Å². The van der Waals surface area contributed by atoms with Gasteiger partial charge < -0.3 is 9.73 Å². The molecule has 1 aromatic carbocycles. The Morgan fingerprint density at radius 2 is 1.89 bits per heavy atom. The minimum absolute atomic E-state index is 0.215. The molecule has 0 atom stereocenters. The van der Waals surface area contributed by atoms with Crippen molar-refractivity contribution in [1.82, 2.24) is 0 Å². The molecule has 0 aliphatic rings. The van der Waals surface area contributed by atoms with Gasteiger partial charge in [-0.25, -0.2) is 0 Å². The van der Waals surface area contributed by atoms with Gasteiger partial charge in [-0.1, -0.05) is 22.9 Å². The largest absolute Gasteiger partial charge is 0.456 e. The van der Waals surface area contributed by atoms with Crippen molar-refractivity contribution in [2.75, 3.05) is 5.32 Å². The van der Waals surface area contributed by atoms with Gasteiger partial charge in [-0.05, 0) is 49.2 Å². The average molecular weight is 322 g/mol. The molecule has 4 heteroatoms. The molecule has 19 heavy (non-hydrogen) atoms. The van der Waals surface area contributed by atoms with E-state index in [0.717, 1.165) is 33.5 Å². The summed E-state index contributed by atoms with van der Waals surface area (Å²) in [5.74, 6) is 0.946. The van der Waals surface area contributed by atoms with Crippen LogP contribution >= 0.6 is 15.9 Å². The molecule has 0 unspecified atom stereocenters. The third-order valence-electron chi connectivity index (χ3n) is 2.97.